The van der Waals surface area contributed by atoms with Gasteiger partial charge in [0.2, 0.25) is 0 Å². The Balaban J connectivity index is 3.19. The first-order valence-corrected chi connectivity index (χ1v) is 8.25. The predicted octanol–water partition coefficient (Wildman–Crippen LogP) is 3.33. The molecule has 0 spiro atoms. The second kappa shape index (κ2) is 4.30. The van der Waals surface area contributed by atoms with Gasteiger partial charge in [0.05, 0.1) is 5.56 Å². The topological polar surface area (TPSA) is 12.9 Å². The van der Waals surface area contributed by atoms with Crippen molar-refractivity contribution in [2.75, 3.05) is 0 Å². The van der Waals surface area contributed by atoms with Crippen molar-refractivity contribution in [1.29, 1.82) is 0 Å². The SMILES string of the molecule is C[Si](C)(C)C#Cc1ncccc1C(F)(F)F. The predicted molar refractivity (Wildman–Crippen MR) is 59.5 cm³/mol. The first kappa shape index (κ1) is 12.8. The van der Waals surface area contributed by atoms with E-state index in [9.17, 15) is 13.2 Å². The van der Waals surface area contributed by atoms with E-state index in [1.807, 2.05) is 19.6 Å². The summed E-state index contributed by atoms with van der Waals surface area (Å²) in [4.78, 5) is 3.68. The van der Waals surface area contributed by atoms with Crippen LogP contribution >= 0.6 is 0 Å². The van der Waals surface area contributed by atoms with Crippen molar-refractivity contribution in [3.63, 3.8) is 0 Å². The molecule has 1 nitrogen and oxygen atoms in total. The smallest absolute Gasteiger partial charge is 0.247 e. The molecule has 0 aliphatic carbocycles. The van der Waals surface area contributed by atoms with Crippen LogP contribution < -0.4 is 0 Å². The molecule has 0 bridgehead atoms. The largest absolute Gasteiger partial charge is 0.419 e. The molecule has 86 valence electrons. The second-order valence-corrected chi connectivity index (χ2v) is 9.15. The van der Waals surface area contributed by atoms with Gasteiger partial charge in [-0.05, 0) is 12.1 Å². The van der Waals surface area contributed by atoms with Crippen LogP contribution in [0, 0.1) is 11.5 Å². The number of pyridine rings is 1. The third kappa shape index (κ3) is 3.70. The van der Waals surface area contributed by atoms with Crippen molar-refractivity contribution in [1.82, 2.24) is 4.98 Å². The van der Waals surface area contributed by atoms with Crippen molar-refractivity contribution in [3.05, 3.63) is 29.6 Å². The first-order valence-electron chi connectivity index (χ1n) is 4.75. The Bertz CT molecular complexity index is 435. The minimum atomic E-state index is -4.39. The molecule has 0 N–H and O–H groups in total. The molecule has 0 aliphatic rings. The summed E-state index contributed by atoms with van der Waals surface area (Å²) >= 11 is 0. The summed E-state index contributed by atoms with van der Waals surface area (Å²) < 4.78 is 37.7. The van der Waals surface area contributed by atoms with Crippen molar-refractivity contribution in [2.24, 2.45) is 0 Å². The number of rotatable bonds is 0. The van der Waals surface area contributed by atoms with Crippen LogP contribution in [0.1, 0.15) is 11.3 Å². The van der Waals surface area contributed by atoms with Crippen LogP contribution in [0.15, 0.2) is 18.3 Å². The highest BCUT2D eigenvalue weighted by molar-refractivity contribution is 6.83. The lowest BCUT2D eigenvalue weighted by molar-refractivity contribution is -0.138. The van der Waals surface area contributed by atoms with Gasteiger partial charge < -0.3 is 0 Å². The number of halogens is 3. The Kier molecular flexibility index (Phi) is 3.43. The molecule has 1 aromatic rings. The standard InChI is InChI=1S/C11H12F3NSi/c1-16(2,3)8-6-10-9(11(12,13)14)5-4-7-15-10/h4-5,7H,1-3H3. The van der Waals surface area contributed by atoms with Crippen molar-refractivity contribution >= 4 is 8.07 Å². The van der Waals surface area contributed by atoms with E-state index in [0.717, 1.165) is 6.07 Å². The lowest BCUT2D eigenvalue weighted by Gasteiger charge is -2.08. The summed E-state index contributed by atoms with van der Waals surface area (Å²) in [6, 6.07) is 2.27. The molecule has 1 rings (SSSR count). The lowest BCUT2D eigenvalue weighted by Crippen LogP contribution is -2.17. The zero-order valence-corrected chi connectivity index (χ0v) is 10.3. The average molecular weight is 243 g/mol. The zero-order chi connectivity index (χ0) is 12.4. The third-order valence-corrected chi connectivity index (χ3v) is 2.54. The normalized spacial score (nSPS) is 11.9. The Morgan fingerprint density at radius 2 is 1.88 bits per heavy atom. The van der Waals surface area contributed by atoms with Crippen LogP contribution in [0.5, 0.6) is 0 Å². The minimum absolute atomic E-state index is 0.183. The van der Waals surface area contributed by atoms with Crippen LogP contribution in [-0.2, 0) is 6.18 Å². The lowest BCUT2D eigenvalue weighted by atomic mass is 10.2. The van der Waals surface area contributed by atoms with E-state index in [0.29, 0.717) is 0 Å². The summed E-state index contributed by atoms with van der Waals surface area (Å²) in [6.45, 7) is 5.91. The van der Waals surface area contributed by atoms with Gasteiger partial charge in [0.25, 0.3) is 0 Å². The molecule has 1 aromatic heterocycles. The second-order valence-electron chi connectivity index (χ2n) is 4.40. The van der Waals surface area contributed by atoms with Gasteiger partial charge >= 0.3 is 6.18 Å². The van der Waals surface area contributed by atoms with Gasteiger partial charge in [-0.25, -0.2) is 4.98 Å². The van der Waals surface area contributed by atoms with Crippen LogP contribution in [0.2, 0.25) is 19.6 Å². The maximum absolute atomic E-state index is 12.6. The van der Waals surface area contributed by atoms with E-state index in [4.69, 9.17) is 0 Å². The number of aromatic nitrogens is 1. The van der Waals surface area contributed by atoms with Gasteiger partial charge in [-0.2, -0.15) is 13.2 Å². The molecule has 0 atom stereocenters. The average Bonchev–Trinajstić information content (AvgIpc) is 2.12. The van der Waals surface area contributed by atoms with Gasteiger partial charge in [0.1, 0.15) is 13.8 Å². The summed E-state index contributed by atoms with van der Waals surface area (Å²) in [5.74, 6) is 2.54. The summed E-state index contributed by atoms with van der Waals surface area (Å²) in [7, 11) is -1.69. The van der Waals surface area contributed by atoms with E-state index in [1.165, 1.54) is 12.3 Å². The number of alkyl halides is 3. The summed E-state index contributed by atoms with van der Waals surface area (Å²) in [5, 5.41) is 0. The van der Waals surface area contributed by atoms with Crippen LogP contribution in [0.4, 0.5) is 13.2 Å². The van der Waals surface area contributed by atoms with Gasteiger partial charge in [0.15, 0.2) is 0 Å². The van der Waals surface area contributed by atoms with Crippen LogP contribution in [-0.4, -0.2) is 13.1 Å². The van der Waals surface area contributed by atoms with Crippen LogP contribution in [0.3, 0.4) is 0 Å². The molecule has 1 heterocycles. The van der Waals surface area contributed by atoms with Gasteiger partial charge in [-0.1, -0.05) is 25.6 Å². The third-order valence-electron chi connectivity index (χ3n) is 1.67. The number of hydrogen-bond donors (Lipinski definition) is 0. The molecule has 0 radical (unpaired) electrons. The minimum Gasteiger partial charge on any atom is -0.247 e. The van der Waals surface area contributed by atoms with Crippen molar-refractivity contribution < 1.29 is 13.2 Å². The Morgan fingerprint density at radius 3 is 2.38 bits per heavy atom. The zero-order valence-electron chi connectivity index (χ0n) is 9.31. The fourth-order valence-electron chi connectivity index (χ4n) is 0.980. The molecule has 0 fully saturated rings. The highest BCUT2D eigenvalue weighted by atomic mass is 28.3. The summed E-state index contributed by atoms with van der Waals surface area (Å²) in [6.07, 6.45) is -3.07. The maximum atomic E-state index is 12.6. The molecular weight excluding hydrogens is 231 g/mol. The van der Waals surface area contributed by atoms with Gasteiger partial charge in [0, 0.05) is 6.20 Å². The highest BCUT2D eigenvalue weighted by Gasteiger charge is 2.33. The molecule has 0 aromatic carbocycles. The first-order chi connectivity index (χ1) is 7.20. The molecule has 5 heteroatoms. The molecule has 0 unspecified atom stereocenters. The monoisotopic (exact) mass is 243 g/mol. The van der Waals surface area contributed by atoms with E-state index in [1.54, 1.807) is 0 Å². The molecular formula is C11H12F3NSi. The Hall–Kier alpha value is -1.28. The number of nitrogens with zero attached hydrogens (tertiary/aromatic N) is 1. The molecule has 0 saturated carbocycles. The molecule has 16 heavy (non-hydrogen) atoms. The fraction of sp³-hybridized carbons (Fsp3) is 0.364. The quantitative estimate of drug-likeness (QED) is 0.503. The molecule has 0 amide bonds. The van der Waals surface area contributed by atoms with E-state index < -0.39 is 19.8 Å². The summed E-state index contributed by atoms with van der Waals surface area (Å²) in [5.41, 5.74) is 1.93. The van der Waals surface area contributed by atoms with Crippen molar-refractivity contribution in [2.45, 2.75) is 25.8 Å². The van der Waals surface area contributed by atoms with E-state index in [-0.39, 0.29) is 5.69 Å². The fourth-order valence-corrected chi connectivity index (χ4v) is 1.47. The number of hydrogen-bond acceptors (Lipinski definition) is 1. The molecule has 0 aliphatic heterocycles. The van der Waals surface area contributed by atoms with Gasteiger partial charge in [-0.3, -0.25) is 0 Å². The Morgan fingerprint density at radius 1 is 1.25 bits per heavy atom. The highest BCUT2D eigenvalue weighted by Crippen LogP contribution is 2.30. The van der Waals surface area contributed by atoms with Gasteiger partial charge in [-0.15, -0.1) is 5.54 Å². The Labute approximate surface area is 93.7 Å². The van der Waals surface area contributed by atoms with E-state index >= 15 is 0 Å². The van der Waals surface area contributed by atoms with Crippen LogP contribution in [0.25, 0.3) is 0 Å². The molecule has 0 saturated heterocycles. The maximum Gasteiger partial charge on any atom is 0.419 e. The van der Waals surface area contributed by atoms with E-state index in [2.05, 4.69) is 16.4 Å². The van der Waals surface area contributed by atoms with Crippen molar-refractivity contribution in [3.8, 4) is 11.5 Å².